The topological polar surface area (TPSA) is 38.5 Å². The summed E-state index contributed by atoms with van der Waals surface area (Å²) in [5.74, 6) is 1.84. The fraction of sp³-hybridized carbons (Fsp3) is 0.533. The van der Waals surface area contributed by atoms with E-state index >= 15 is 0 Å². The third-order valence-corrected chi connectivity index (χ3v) is 4.47. The van der Waals surface area contributed by atoms with E-state index in [9.17, 15) is 0 Å². The molecule has 1 saturated heterocycles. The van der Waals surface area contributed by atoms with E-state index in [0.29, 0.717) is 0 Å². The van der Waals surface area contributed by atoms with Gasteiger partial charge in [-0.3, -0.25) is 0 Å². The van der Waals surface area contributed by atoms with Gasteiger partial charge in [-0.1, -0.05) is 18.2 Å². The van der Waals surface area contributed by atoms with Crippen LogP contribution in [-0.4, -0.2) is 42.4 Å². The second kappa shape index (κ2) is 6.50. The van der Waals surface area contributed by atoms with Gasteiger partial charge in [-0.15, -0.1) is 0 Å². The maximum Gasteiger partial charge on any atom is 0.256 e. The summed E-state index contributed by atoms with van der Waals surface area (Å²) in [6.45, 7) is 3.60. The number of oxazole rings is 1. The number of hydrogen-bond donors (Lipinski definition) is 0. The van der Waals surface area contributed by atoms with Gasteiger partial charge >= 0.3 is 0 Å². The van der Waals surface area contributed by atoms with Crippen molar-refractivity contribution >= 4 is 22.9 Å². The number of ether oxygens (including phenoxy) is 1. The van der Waals surface area contributed by atoms with Crippen molar-refractivity contribution in [3.05, 3.63) is 18.2 Å². The molecule has 1 fully saturated rings. The highest BCUT2D eigenvalue weighted by molar-refractivity contribution is 7.99. The predicted octanol–water partition coefficient (Wildman–Crippen LogP) is 3.41. The Kier molecular flexibility index (Phi) is 4.47. The monoisotopic (exact) mass is 292 g/mol. The standard InChI is InChI=1S/C15H20N2O2S/c1-18-12-5-6-13-14(11-12)19-15(16-13)20-10-9-17-7-3-2-4-8-17/h5-6,11H,2-4,7-10H2,1H3. The number of piperidine rings is 1. The molecule has 1 aromatic carbocycles. The lowest BCUT2D eigenvalue weighted by Gasteiger charge is -2.25. The summed E-state index contributed by atoms with van der Waals surface area (Å²) in [7, 11) is 1.66. The van der Waals surface area contributed by atoms with Gasteiger partial charge < -0.3 is 14.1 Å². The van der Waals surface area contributed by atoms with Crippen molar-refractivity contribution < 1.29 is 9.15 Å². The Labute approximate surface area is 123 Å². The number of benzene rings is 1. The number of thioether (sulfide) groups is 1. The Morgan fingerprint density at radius 3 is 2.95 bits per heavy atom. The summed E-state index contributed by atoms with van der Waals surface area (Å²) in [5.41, 5.74) is 1.69. The highest BCUT2D eigenvalue weighted by Crippen LogP contribution is 2.26. The molecule has 20 heavy (non-hydrogen) atoms. The lowest BCUT2D eigenvalue weighted by molar-refractivity contribution is 0.242. The molecule has 3 rings (SSSR count). The van der Waals surface area contributed by atoms with Gasteiger partial charge in [0.2, 0.25) is 0 Å². The average Bonchev–Trinajstić information content (AvgIpc) is 2.90. The zero-order chi connectivity index (χ0) is 13.8. The van der Waals surface area contributed by atoms with E-state index in [1.807, 2.05) is 18.2 Å². The zero-order valence-electron chi connectivity index (χ0n) is 11.8. The maximum absolute atomic E-state index is 5.75. The summed E-state index contributed by atoms with van der Waals surface area (Å²) in [5, 5.41) is 0.755. The number of nitrogens with zero attached hydrogens (tertiary/aromatic N) is 2. The molecule has 4 nitrogen and oxygen atoms in total. The van der Waals surface area contributed by atoms with Gasteiger partial charge in [0.15, 0.2) is 5.58 Å². The van der Waals surface area contributed by atoms with E-state index in [-0.39, 0.29) is 0 Å². The minimum atomic E-state index is 0.755. The van der Waals surface area contributed by atoms with Crippen molar-refractivity contribution in [2.75, 3.05) is 32.5 Å². The second-order valence-electron chi connectivity index (χ2n) is 5.06. The molecule has 2 heterocycles. The second-order valence-corrected chi connectivity index (χ2v) is 6.11. The summed E-state index contributed by atoms with van der Waals surface area (Å²) < 4.78 is 10.9. The molecule has 0 bridgehead atoms. The van der Waals surface area contributed by atoms with Crippen LogP contribution in [0.15, 0.2) is 27.8 Å². The number of likely N-dealkylation sites (tertiary alicyclic amines) is 1. The number of aromatic nitrogens is 1. The number of fused-ring (bicyclic) bond motifs is 1. The fourth-order valence-corrected chi connectivity index (χ4v) is 3.35. The van der Waals surface area contributed by atoms with Gasteiger partial charge in [-0.2, -0.15) is 0 Å². The number of methoxy groups -OCH3 is 1. The number of hydrogen-bond acceptors (Lipinski definition) is 5. The molecular weight excluding hydrogens is 272 g/mol. The van der Waals surface area contributed by atoms with Crippen molar-refractivity contribution in [3.63, 3.8) is 0 Å². The molecule has 1 aliphatic heterocycles. The van der Waals surface area contributed by atoms with Gasteiger partial charge in [-0.25, -0.2) is 4.98 Å². The number of rotatable bonds is 5. The van der Waals surface area contributed by atoms with Gasteiger partial charge in [0.25, 0.3) is 5.22 Å². The van der Waals surface area contributed by atoms with Crippen LogP contribution >= 0.6 is 11.8 Å². The van der Waals surface area contributed by atoms with Crippen molar-refractivity contribution in [1.82, 2.24) is 9.88 Å². The molecule has 5 heteroatoms. The SMILES string of the molecule is COc1ccc2nc(SCCN3CCCCC3)oc2c1. The van der Waals surface area contributed by atoms with Gasteiger partial charge in [0.1, 0.15) is 11.3 Å². The zero-order valence-corrected chi connectivity index (χ0v) is 12.6. The summed E-state index contributed by atoms with van der Waals surface area (Å²) in [4.78, 5) is 7.02. The highest BCUT2D eigenvalue weighted by atomic mass is 32.2. The molecule has 0 saturated carbocycles. The third kappa shape index (κ3) is 3.27. The maximum atomic E-state index is 5.75. The van der Waals surface area contributed by atoms with Gasteiger partial charge in [0, 0.05) is 18.4 Å². The average molecular weight is 292 g/mol. The summed E-state index contributed by atoms with van der Waals surface area (Å²) >= 11 is 1.69. The predicted molar refractivity (Wildman–Crippen MR) is 81.6 cm³/mol. The highest BCUT2D eigenvalue weighted by Gasteiger charge is 2.11. The van der Waals surface area contributed by atoms with Crippen molar-refractivity contribution in [1.29, 1.82) is 0 Å². The molecule has 0 unspecified atom stereocenters. The van der Waals surface area contributed by atoms with Crippen LogP contribution in [0.25, 0.3) is 11.1 Å². The summed E-state index contributed by atoms with van der Waals surface area (Å²) in [6.07, 6.45) is 4.07. The lowest BCUT2D eigenvalue weighted by atomic mass is 10.1. The van der Waals surface area contributed by atoms with Crippen LogP contribution in [0.3, 0.4) is 0 Å². The Morgan fingerprint density at radius 2 is 2.15 bits per heavy atom. The fourth-order valence-electron chi connectivity index (χ4n) is 2.52. The Hall–Kier alpha value is -1.20. The minimum Gasteiger partial charge on any atom is -0.497 e. The first kappa shape index (κ1) is 13.8. The molecule has 1 aliphatic rings. The van der Waals surface area contributed by atoms with E-state index in [2.05, 4.69) is 9.88 Å². The first-order chi connectivity index (χ1) is 9.85. The van der Waals surface area contributed by atoms with Crippen LogP contribution in [0.5, 0.6) is 5.75 Å². The Morgan fingerprint density at radius 1 is 1.30 bits per heavy atom. The van der Waals surface area contributed by atoms with Crippen molar-refractivity contribution in [2.45, 2.75) is 24.5 Å². The quantitative estimate of drug-likeness (QED) is 0.790. The Bertz CT molecular complexity index is 564. The molecule has 0 radical (unpaired) electrons. The van der Waals surface area contributed by atoms with Gasteiger partial charge in [-0.05, 0) is 38.1 Å². The molecule has 0 aliphatic carbocycles. The first-order valence-electron chi connectivity index (χ1n) is 7.15. The van der Waals surface area contributed by atoms with Crippen LogP contribution in [0.1, 0.15) is 19.3 Å². The molecule has 2 aromatic rings. The van der Waals surface area contributed by atoms with Crippen molar-refractivity contribution in [2.24, 2.45) is 0 Å². The van der Waals surface area contributed by atoms with E-state index < -0.39 is 0 Å². The molecular formula is C15H20N2O2S. The van der Waals surface area contributed by atoms with E-state index in [1.54, 1.807) is 18.9 Å². The molecule has 0 atom stereocenters. The molecule has 108 valence electrons. The normalized spacial score (nSPS) is 16.6. The molecule has 1 aromatic heterocycles. The van der Waals surface area contributed by atoms with Crippen LogP contribution in [0, 0.1) is 0 Å². The minimum absolute atomic E-state index is 0.755. The molecule has 0 spiro atoms. The van der Waals surface area contributed by atoms with Crippen molar-refractivity contribution in [3.8, 4) is 5.75 Å². The largest absolute Gasteiger partial charge is 0.497 e. The van der Waals surface area contributed by atoms with Crippen LogP contribution in [0.2, 0.25) is 0 Å². The Balaban J connectivity index is 1.57. The lowest BCUT2D eigenvalue weighted by Crippen LogP contribution is -2.31. The third-order valence-electron chi connectivity index (χ3n) is 3.66. The van der Waals surface area contributed by atoms with E-state index in [0.717, 1.165) is 34.4 Å². The van der Waals surface area contributed by atoms with E-state index in [1.165, 1.54) is 32.4 Å². The van der Waals surface area contributed by atoms with Gasteiger partial charge in [0.05, 0.1) is 7.11 Å². The smallest absolute Gasteiger partial charge is 0.256 e. The molecule has 0 N–H and O–H groups in total. The molecule has 0 amide bonds. The van der Waals surface area contributed by atoms with Crippen LogP contribution in [0.4, 0.5) is 0 Å². The van der Waals surface area contributed by atoms with Crippen LogP contribution < -0.4 is 4.74 Å². The summed E-state index contributed by atoms with van der Waals surface area (Å²) in [6, 6.07) is 5.73. The first-order valence-corrected chi connectivity index (χ1v) is 8.13. The van der Waals surface area contributed by atoms with Crippen LogP contribution in [-0.2, 0) is 0 Å². The van der Waals surface area contributed by atoms with E-state index in [4.69, 9.17) is 9.15 Å².